The van der Waals surface area contributed by atoms with Crippen molar-refractivity contribution >= 4 is 5.91 Å². The highest BCUT2D eigenvalue weighted by Crippen LogP contribution is 2.17. The van der Waals surface area contributed by atoms with E-state index in [9.17, 15) is 9.90 Å². The van der Waals surface area contributed by atoms with Crippen molar-refractivity contribution in [2.24, 2.45) is 0 Å². The SMILES string of the molecule is Cc1cc(C)cc(C(=O)N2CC(CO)OCC2C)c1. The lowest BCUT2D eigenvalue weighted by molar-refractivity contribution is -0.0667. The minimum Gasteiger partial charge on any atom is -0.394 e. The maximum absolute atomic E-state index is 12.6. The summed E-state index contributed by atoms with van der Waals surface area (Å²) < 4.78 is 5.46. The van der Waals surface area contributed by atoms with Crippen molar-refractivity contribution in [2.75, 3.05) is 19.8 Å². The van der Waals surface area contributed by atoms with Crippen molar-refractivity contribution in [3.05, 3.63) is 34.9 Å². The van der Waals surface area contributed by atoms with Gasteiger partial charge in [0, 0.05) is 12.1 Å². The van der Waals surface area contributed by atoms with Gasteiger partial charge in [-0.05, 0) is 32.9 Å². The number of aliphatic hydroxyl groups is 1. The summed E-state index contributed by atoms with van der Waals surface area (Å²) in [5.74, 6) is 0.0149. The second-order valence-electron chi connectivity index (χ2n) is 5.32. The first kappa shape index (κ1) is 14.0. The third kappa shape index (κ3) is 3.14. The molecule has 2 atom stereocenters. The number of nitrogens with zero attached hydrogens (tertiary/aromatic N) is 1. The van der Waals surface area contributed by atoms with Gasteiger partial charge in [-0.25, -0.2) is 0 Å². The standard InChI is InChI=1S/C15H21NO3/c1-10-4-11(2)6-13(5-10)15(18)16-7-14(8-17)19-9-12(16)3/h4-6,12,14,17H,7-9H2,1-3H3. The molecule has 1 aliphatic rings. The van der Waals surface area contributed by atoms with Gasteiger partial charge in [-0.15, -0.1) is 0 Å². The Morgan fingerprint density at radius 1 is 1.37 bits per heavy atom. The molecule has 0 radical (unpaired) electrons. The summed E-state index contributed by atoms with van der Waals surface area (Å²) in [6.07, 6.45) is -0.272. The van der Waals surface area contributed by atoms with Gasteiger partial charge in [0.1, 0.15) is 0 Å². The van der Waals surface area contributed by atoms with Crippen LogP contribution in [0.15, 0.2) is 18.2 Å². The molecule has 1 amide bonds. The number of hydrogen-bond acceptors (Lipinski definition) is 3. The first-order valence-corrected chi connectivity index (χ1v) is 6.63. The molecule has 0 aliphatic carbocycles. The average molecular weight is 263 g/mol. The van der Waals surface area contributed by atoms with Crippen molar-refractivity contribution in [3.8, 4) is 0 Å². The topological polar surface area (TPSA) is 49.8 Å². The van der Waals surface area contributed by atoms with Crippen LogP contribution >= 0.6 is 0 Å². The van der Waals surface area contributed by atoms with Crippen LogP contribution in [0.1, 0.15) is 28.4 Å². The number of morpholine rings is 1. The predicted molar refractivity (Wildman–Crippen MR) is 73.2 cm³/mol. The number of rotatable bonds is 2. The second-order valence-corrected chi connectivity index (χ2v) is 5.32. The molecule has 1 aromatic carbocycles. The van der Waals surface area contributed by atoms with Crippen molar-refractivity contribution in [1.82, 2.24) is 4.90 Å². The van der Waals surface area contributed by atoms with Crippen LogP contribution in [0.4, 0.5) is 0 Å². The van der Waals surface area contributed by atoms with Crippen molar-refractivity contribution in [3.63, 3.8) is 0 Å². The molecule has 1 heterocycles. The summed E-state index contributed by atoms with van der Waals surface area (Å²) in [7, 11) is 0. The first-order chi connectivity index (χ1) is 9.01. The number of amides is 1. The van der Waals surface area contributed by atoms with Gasteiger partial charge in [0.25, 0.3) is 5.91 Å². The molecule has 4 nitrogen and oxygen atoms in total. The monoisotopic (exact) mass is 263 g/mol. The Balaban J connectivity index is 2.21. The van der Waals surface area contributed by atoms with Gasteiger partial charge in [-0.1, -0.05) is 17.2 Å². The van der Waals surface area contributed by atoms with Crippen LogP contribution in [0.25, 0.3) is 0 Å². The van der Waals surface area contributed by atoms with Crippen molar-refractivity contribution < 1.29 is 14.6 Å². The summed E-state index contributed by atoms with van der Waals surface area (Å²) in [6.45, 7) is 6.81. The highest BCUT2D eigenvalue weighted by atomic mass is 16.5. The smallest absolute Gasteiger partial charge is 0.254 e. The van der Waals surface area contributed by atoms with E-state index < -0.39 is 0 Å². The van der Waals surface area contributed by atoms with Gasteiger partial charge in [-0.2, -0.15) is 0 Å². The second kappa shape index (κ2) is 5.72. The van der Waals surface area contributed by atoms with E-state index in [1.165, 1.54) is 0 Å². The Kier molecular flexibility index (Phi) is 4.22. The number of aryl methyl sites for hydroxylation is 2. The van der Waals surface area contributed by atoms with E-state index >= 15 is 0 Å². The zero-order valence-corrected chi connectivity index (χ0v) is 11.7. The molecule has 0 saturated carbocycles. The molecule has 0 spiro atoms. The van der Waals surface area contributed by atoms with Crippen LogP contribution < -0.4 is 0 Å². The van der Waals surface area contributed by atoms with Gasteiger partial charge in [-0.3, -0.25) is 4.79 Å². The van der Waals surface area contributed by atoms with E-state index in [1.54, 1.807) is 4.90 Å². The third-order valence-corrected chi connectivity index (χ3v) is 3.44. The summed E-state index contributed by atoms with van der Waals surface area (Å²) in [5.41, 5.74) is 2.88. The Morgan fingerprint density at radius 3 is 2.58 bits per heavy atom. The fourth-order valence-electron chi connectivity index (χ4n) is 2.47. The molecule has 4 heteroatoms. The molecule has 0 aromatic heterocycles. The van der Waals surface area contributed by atoms with Gasteiger partial charge in [0.2, 0.25) is 0 Å². The van der Waals surface area contributed by atoms with Gasteiger partial charge < -0.3 is 14.7 Å². The van der Waals surface area contributed by atoms with Crippen LogP contribution in [-0.4, -0.2) is 47.8 Å². The number of carbonyl (C=O) groups excluding carboxylic acids is 1. The van der Waals surface area contributed by atoms with Crippen LogP contribution in [-0.2, 0) is 4.74 Å². The average Bonchev–Trinajstić information content (AvgIpc) is 2.37. The van der Waals surface area contributed by atoms with Crippen LogP contribution in [0.5, 0.6) is 0 Å². The molecule has 0 bridgehead atoms. The minimum atomic E-state index is -0.272. The van der Waals surface area contributed by atoms with E-state index in [2.05, 4.69) is 6.07 Å². The number of ether oxygens (including phenoxy) is 1. The number of hydrogen-bond donors (Lipinski definition) is 1. The quantitative estimate of drug-likeness (QED) is 0.880. The highest BCUT2D eigenvalue weighted by molar-refractivity contribution is 5.95. The van der Waals surface area contributed by atoms with E-state index in [-0.39, 0.29) is 24.7 Å². The summed E-state index contributed by atoms with van der Waals surface area (Å²) in [5, 5.41) is 9.17. The number of aliphatic hydroxyl groups excluding tert-OH is 1. The van der Waals surface area contributed by atoms with E-state index in [0.717, 1.165) is 11.1 Å². The zero-order valence-electron chi connectivity index (χ0n) is 11.7. The Labute approximate surface area is 114 Å². The maximum Gasteiger partial charge on any atom is 0.254 e. The molecule has 1 saturated heterocycles. The van der Waals surface area contributed by atoms with Gasteiger partial charge in [0.15, 0.2) is 0 Å². The summed E-state index contributed by atoms with van der Waals surface area (Å²) in [6, 6.07) is 5.91. The predicted octanol–water partition coefficient (Wildman–Crippen LogP) is 1.53. The fourth-order valence-corrected chi connectivity index (χ4v) is 2.47. The molecule has 1 aromatic rings. The Bertz CT molecular complexity index is 452. The zero-order chi connectivity index (χ0) is 14.0. The normalized spacial score (nSPS) is 23.5. The molecule has 2 rings (SSSR count). The molecular formula is C15H21NO3. The largest absolute Gasteiger partial charge is 0.394 e. The Morgan fingerprint density at radius 2 is 2.00 bits per heavy atom. The third-order valence-electron chi connectivity index (χ3n) is 3.44. The molecular weight excluding hydrogens is 242 g/mol. The van der Waals surface area contributed by atoms with E-state index in [1.807, 2.05) is 32.9 Å². The van der Waals surface area contributed by atoms with Crippen LogP contribution in [0.3, 0.4) is 0 Å². The van der Waals surface area contributed by atoms with Crippen molar-refractivity contribution in [2.45, 2.75) is 32.9 Å². The minimum absolute atomic E-state index is 0.0149. The number of carbonyl (C=O) groups is 1. The fraction of sp³-hybridized carbons (Fsp3) is 0.533. The van der Waals surface area contributed by atoms with Gasteiger partial charge in [0.05, 0.1) is 25.4 Å². The maximum atomic E-state index is 12.6. The number of benzene rings is 1. The van der Waals surface area contributed by atoms with Crippen LogP contribution in [0.2, 0.25) is 0 Å². The lowest BCUT2D eigenvalue weighted by atomic mass is 10.0. The lowest BCUT2D eigenvalue weighted by Gasteiger charge is -2.37. The van der Waals surface area contributed by atoms with Gasteiger partial charge >= 0.3 is 0 Å². The molecule has 19 heavy (non-hydrogen) atoms. The van der Waals surface area contributed by atoms with Crippen LogP contribution in [0, 0.1) is 13.8 Å². The summed E-state index contributed by atoms with van der Waals surface area (Å²) >= 11 is 0. The molecule has 1 N–H and O–H groups in total. The lowest BCUT2D eigenvalue weighted by Crippen LogP contribution is -2.52. The Hall–Kier alpha value is -1.39. The van der Waals surface area contributed by atoms with E-state index in [0.29, 0.717) is 18.7 Å². The molecule has 104 valence electrons. The summed E-state index contributed by atoms with van der Waals surface area (Å²) in [4.78, 5) is 14.4. The highest BCUT2D eigenvalue weighted by Gasteiger charge is 2.29. The van der Waals surface area contributed by atoms with Crippen molar-refractivity contribution in [1.29, 1.82) is 0 Å². The first-order valence-electron chi connectivity index (χ1n) is 6.63. The van der Waals surface area contributed by atoms with E-state index in [4.69, 9.17) is 4.74 Å². The molecule has 1 fully saturated rings. The molecule has 2 unspecified atom stereocenters. The molecule has 1 aliphatic heterocycles.